The maximum Gasteiger partial charge on any atom is 0.174 e. The number of para-hydroxylation sites is 1. The lowest BCUT2D eigenvalue weighted by atomic mass is 10.2. The second-order valence-electron chi connectivity index (χ2n) is 3.91. The number of thiazole rings is 1. The number of benzene rings is 1. The molecular weight excluding hydrogens is 258 g/mol. The molecule has 4 nitrogen and oxygen atoms in total. The number of nitrogens with zero attached hydrogens (tertiary/aromatic N) is 2. The van der Waals surface area contributed by atoms with Gasteiger partial charge < -0.3 is 10.1 Å². The first-order valence-corrected chi connectivity index (χ1v) is 6.95. The highest BCUT2D eigenvalue weighted by Crippen LogP contribution is 2.17. The molecule has 19 heavy (non-hydrogen) atoms. The van der Waals surface area contributed by atoms with Crippen LogP contribution in [0.1, 0.15) is 10.6 Å². The van der Waals surface area contributed by atoms with Crippen molar-refractivity contribution in [1.82, 2.24) is 10.3 Å². The Balaban J connectivity index is 1.80. The van der Waals surface area contributed by atoms with Gasteiger partial charge in [0, 0.05) is 36.7 Å². The Hall–Kier alpha value is -1.90. The molecule has 0 spiro atoms. The van der Waals surface area contributed by atoms with E-state index in [4.69, 9.17) is 10.00 Å². The number of hydrogen-bond acceptors (Lipinski definition) is 5. The lowest BCUT2D eigenvalue weighted by Gasteiger charge is -2.09. The van der Waals surface area contributed by atoms with Crippen LogP contribution in [0.4, 0.5) is 0 Å². The third kappa shape index (κ3) is 4.36. The molecule has 5 heteroatoms. The molecule has 1 aromatic heterocycles. The molecule has 0 fully saturated rings. The maximum absolute atomic E-state index is 8.54. The molecule has 2 aromatic rings. The summed E-state index contributed by atoms with van der Waals surface area (Å²) in [5.74, 6) is 0.769. The topological polar surface area (TPSA) is 57.9 Å². The zero-order valence-corrected chi connectivity index (χ0v) is 11.3. The van der Waals surface area contributed by atoms with Crippen LogP contribution in [0.5, 0.6) is 5.75 Å². The minimum atomic E-state index is 0.0795. The van der Waals surface area contributed by atoms with Gasteiger partial charge in [0.1, 0.15) is 11.8 Å². The zero-order valence-electron chi connectivity index (χ0n) is 10.5. The maximum atomic E-state index is 8.54. The van der Waals surface area contributed by atoms with Gasteiger partial charge in [-0.05, 0) is 6.07 Å². The van der Waals surface area contributed by atoms with Crippen LogP contribution in [0, 0.1) is 11.3 Å². The molecular formula is C14H15N3OS. The highest BCUT2D eigenvalue weighted by Gasteiger charge is 2.02. The average molecular weight is 273 g/mol. The molecule has 1 aromatic carbocycles. The van der Waals surface area contributed by atoms with E-state index in [1.807, 2.05) is 41.9 Å². The van der Waals surface area contributed by atoms with Crippen LogP contribution in [0.2, 0.25) is 0 Å². The summed E-state index contributed by atoms with van der Waals surface area (Å²) in [5, 5.41) is 15.0. The number of aromatic nitrogens is 1. The lowest BCUT2D eigenvalue weighted by molar-refractivity contribution is 0.362. The van der Waals surface area contributed by atoms with Gasteiger partial charge >= 0.3 is 0 Å². The van der Waals surface area contributed by atoms with Gasteiger partial charge in [0.15, 0.2) is 6.61 Å². The van der Waals surface area contributed by atoms with Crippen LogP contribution < -0.4 is 10.1 Å². The van der Waals surface area contributed by atoms with Gasteiger partial charge in [0.2, 0.25) is 0 Å². The smallest absolute Gasteiger partial charge is 0.174 e. The monoisotopic (exact) mass is 273 g/mol. The van der Waals surface area contributed by atoms with Crippen molar-refractivity contribution in [3.63, 3.8) is 0 Å². The van der Waals surface area contributed by atoms with Crippen molar-refractivity contribution in [2.75, 3.05) is 13.2 Å². The fourth-order valence-corrected chi connectivity index (χ4v) is 2.32. The summed E-state index contributed by atoms with van der Waals surface area (Å²) < 4.78 is 5.38. The fourth-order valence-electron chi connectivity index (χ4n) is 1.70. The molecule has 0 aliphatic rings. The van der Waals surface area contributed by atoms with Crippen LogP contribution in [0.15, 0.2) is 35.8 Å². The van der Waals surface area contributed by atoms with Crippen molar-refractivity contribution in [2.24, 2.45) is 0 Å². The summed E-state index contributed by atoms with van der Waals surface area (Å²) >= 11 is 1.67. The molecule has 0 saturated heterocycles. The van der Waals surface area contributed by atoms with Crippen molar-refractivity contribution in [2.45, 2.75) is 13.0 Å². The third-order valence-electron chi connectivity index (χ3n) is 2.58. The molecule has 0 saturated carbocycles. The molecule has 0 bridgehead atoms. The van der Waals surface area contributed by atoms with Gasteiger partial charge in [-0.25, -0.2) is 4.98 Å². The second kappa shape index (κ2) is 7.52. The molecule has 1 heterocycles. The first-order valence-electron chi connectivity index (χ1n) is 6.07. The Morgan fingerprint density at radius 3 is 3.05 bits per heavy atom. The third-order valence-corrected chi connectivity index (χ3v) is 3.42. The normalized spacial score (nSPS) is 10.1. The fraction of sp³-hybridized carbons (Fsp3) is 0.286. The Morgan fingerprint density at radius 1 is 1.37 bits per heavy atom. The van der Waals surface area contributed by atoms with Crippen molar-refractivity contribution in [3.8, 4) is 11.8 Å². The van der Waals surface area contributed by atoms with Gasteiger partial charge in [0.25, 0.3) is 0 Å². The number of hydrogen-bond donors (Lipinski definition) is 1. The lowest BCUT2D eigenvalue weighted by Crippen LogP contribution is -2.17. The van der Waals surface area contributed by atoms with Crippen molar-refractivity contribution in [1.29, 1.82) is 5.26 Å². The van der Waals surface area contributed by atoms with Gasteiger partial charge in [0.05, 0.1) is 5.01 Å². The van der Waals surface area contributed by atoms with Gasteiger partial charge in [-0.1, -0.05) is 18.2 Å². The predicted octanol–water partition coefficient (Wildman–Crippen LogP) is 2.38. The van der Waals surface area contributed by atoms with Crippen LogP contribution in [0.25, 0.3) is 0 Å². The molecule has 1 N–H and O–H groups in total. The predicted molar refractivity (Wildman–Crippen MR) is 75.1 cm³/mol. The van der Waals surface area contributed by atoms with E-state index in [0.717, 1.165) is 35.8 Å². The van der Waals surface area contributed by atoms with Crippen LogP contribution in [-0.2, 0) is 13.0 Å². The van der Waals surface area contributed by atoms with E-state index >= 15 is 0 Å². The summed E-state index contributed by atoms with van der Waals surface area (Å²) in [4.78, 5) is 4.24. The summed E-state index contributed by atoms with van der Waals surface area (Å²) in [5.41, 5.74) is 1.07. The largest absolute Gasteiger partial charge is 0.478 e. The molecule has 98 valence electrons. The van der Waals surface area contributed by atoms with Gasteiger partial charge in [-0.15, -0.1) is 11.3 Å². The average Bonchev–Trinajstić information content (AvgIpc) is 2.95. The Labute approximate surface area is 116 Å². The molecule has 0 radical (unpaired) electrons. The molecule has 0 atom stereocenters. The SMILES string of the molecule is N#CCOc1ccccc1CNCCc1nccs1. The van der Waals surface area contributed by atoms with E-state index in [0.29, 0.717) is 0 Å². The summed E-state index contributed by atoms with van der Waals surface area (Å²) in [7, 11) is 0. The van der Waals surface area contributed by atoms with E-state index in [1.54, 1.807) is 11.3 Å². The number of nitrogens with one attached hydrogen (secondary N) is 1. The van der Waals surface area contributed by atoms with Crippen LogP contribution >= 0.6 is 11.3 Å². The first kappa shape index (κ1) is 13.5. The van der Waals surface area contributed by atoms with Crippen molar-refractivity contribution < 1.29 is 4.74 Å². The standard InChI is InChI=1S/C14H15N3OS/c15-6-9-18-13-4-2-1-3-12(13)11-16-7-5-14-17-8-10-19-14/h1-4,8,10,16H,5,7,9,11H2. The number of ether oxygens (including phenoxy) is 1. The number of rotatable bonds is 7. The van der Waals surface area contributed by atoms with E-state index < -0.39 is 0 Å². The Morgan fingerprint density at radius 2 is 2.26 bits per heavy atom. The summed E-state index contributed by atoms with van der Waals surface area (Å²) in [6.07, 6.45) is 2.75. The molecule has 2 rings (SSSR count). The van der Waals surface area contributed by atoms with Gasteiger partial charge in [-0.3, -0.25) is 0 Å². The second-order valence-corrected chi connectivity index (χ2v) is 4.89. The van der Waals surface area contributed by atoms with Crippen molar-refractivity contribution >= 4 is 11.3 Å². The minimum Gasteiger partial charge on any atom is -0.478 e. The quantitative estimate of drug-likeness (QED) is 0.787. The minimum absolute atomic E-state index is 0.0795. The molecule has 0 unspecified atom stereocenters. The summed E-state index contributed by atoms with van der Waals surface area (Å²) in [6.45, 7) is 1.68. The summed E-state index contributed by atoms with van der Waals surface area (Å²) in [6, 6.07) is 9.74. The number of nitriles is 1. The van der Waals surface area contributed by atoms with Gasteiger partial charge in [-0.2, -0.15) is 5.26 Å². The van der Waals surface area contributed by atoms with Crippen LogP contribution in [-0.4, -0.2) is 18.1 Å². The molecule has 0 aliphatic carbocycles. The zero-order chi connectivity index (χ0) is 13.3. The molecule has 0 aliphatic heterocycles. The first-order chi connectivity index (χ1) is 9.40. The molecule has 0 amide bonds. The van der Waals surface area contributed by atoms with E-state index in [1.165, 1.54) is 0 Å². The van der Waals surface area contributed by atoms with E-state index in [-0.39, 0.29) is 6.61 Å². The van der Waals surface area contributed by atoms with E-state index in [9.17, 15) is 0 Å². The highest BCUT2D eigenvalue weighted by atomic mass is 32.1. The highest BCUT2D eigenvalue weighted by molar-refractivity contribution is 7.09. The van der Waals surface area contributed by atoms with Crippen LogP contribution in [0.3, 0.4) is 0 Å². The Bertz CT molecular complexity index is 534. The van der Waals surface area contributed by atoms with E-state index in [2.05, 4.69) is 10.3 Å². The Kier molecular flexibility index (Phi) is 5.35. The van der Waals surface area contributed by atoms with Crippen molar-refractivity contribution in [3.05, 3.63) is 46.4 Å².